The lowest BCUT2D eigenvalue weighted by Gasteiger charge is -2.28. The SMILES string of the molecule is COC(=O)C1=C(C)N(S(=O)(=O)c2ccccc2[N+](=O)[O-])C(c2ccc(Cl)cc2)C1. The van der Waals surface area contributed by atoms with Gasteiger partial charge in [-0.2, -0.15) is 0 Å². The molecule has 0 aromatic heterocycles. The molecule has 0 saturated carbocycles. The summed E-state index contributed by atoms with van der Waals surface area (Å²) in [4.78, 5) is 22.4. The first kappa shape index (κ1) is 20.8. The Morgan fingerprint density at radius 2 is 1.83 bits per heavy atom. The fourth-order valence-electron chi connectivity index (χ4n) is 3.36. The highest BCUT2D eigenvalue weighted by molar-refractivity contribution is 7.89. The van der Waals surface area contributed by atoms with Gasteiger partial charge in [0.2, 0.25) is 0 Å². The van der Waals surface area contributed by atoms with Crippen molar-refractivity contribution in [3.8, 4) is 0 Å². The minimum atomic E-state index is -4.35. The normalized spacial score (nSPS) is 16.8. The topological polar surface area (TPSA) is 107 Å². The van der Waals surface area contributed by atoms with Crippen LogP contribution in [0.2, 0.25) is 5.02 Å². The number of halogens is 1. The number of rotatable bonds is 5. The van der Waals surface area contributed by atoms with E-state index in [0.29, 0.717) is 10.6 Å². The molecule has 0 saturated heterocycles. The van der Waals surface area contributed by atoms with E-state index in [0.717, 1.165) is 10.4 Å². The average Bonchev–Trinajstić information content (AvgIpc) is 3.05. The highest BCUT2D eigenvalue weighted by atomic mass is 35.5. The van der Waals surface area contributed by atoms with Gasteiger partial charge in [-0.1, -0.05) is 35.9 Å². The zero-order chi connectivity index (χ0) is 21.3. The molecule has 1 aliphatic heterocycles. The molecule has 0 N–H and O–H groups in total. The van der Waals surface area contributed by atoms with Gasteiger partial charge in [-0.3, -0.25) is 14.4 Å². The van der Waals surface area contributed by atoms with Crippen molar-refractivity contribution in [3.63, 3.8) is 0 Å². The van der Waals surface area contributed by atoms with E-state index in [1.807, 2.05) is 0 Å². The van der Waals surface area contributed by atoms with Crippen molar-refractivity contribution in [1.82, 2.24) is 4.31 Å². The second kappa shape index (κ2) is 7.84. The van der Waals surface area contributed by atoms with Gasteiger partial charge in [-0.05, 0) is 30.7 Å². The fourth-order valence-corrected chi connectivity index (χ4v) is 5.36. The van der Waals surface area contributed by atoms with E-state index in [2.05, 4.69) is 0 Å². The minimum absolute atomic E-state index is 0.0694. The van der Waals surface area contributed by atoms with Crippen molar-refractivity contribution in [2.24, 2.45) is 0 Å². The lowest BCUT2D eigenvalue weighted by atomic mass is 10.0. The van der Waals surface area contributed by atoms with Crippen molar-refractivity contribution in [3.05, 3.63) is 80.5 Å². The summed E-state index contributed by atoms with van der Waals surface area (Å²) in [7, 11) is -3.15. The molecule has 3 rings (SSSR count). The number of carbonyl (C=O) groups excluding carboxylic acids is 1. The second-order valence-corrected chi connectivity index (χ2v) is 8.57. The van der Waals surface area contributed by atoms with Crippen molar-refractivity contribution >= 4 is 33.3 Å². The third kappa shape index (κ3) is 3.70. The molecule has 29 heavy (non-hydrogen) atoms. The Kier molecular flexibility index (Phi) is 5.63. The maximum atomic E-state index is 13.5. The first-order valence-electron chi connectivity index (χ1n) is 8.50. The molecule has 2 aromatic rings. The number of ether oxygens (including phenoxy) is 1. The third-order valence-corrected chi connectivity index (χ3v) is 6.93. The maximum Gasteiger partial charge on any atom is 0.335 e. The Morgan fingerprint density at radius 3 is 2.41 bits per heavy atom. The van der Waals surface area contributed by atoms with E-state index in [1.54, 1.807) is 24.3 Å². The quantitative estimate of drug-likeness (QED) is 0.400. The summed E-state index contributed by atoms with van der Waals surface area (Å²) >= 11 is 5.94. The molecular weight excluding hydrogens is 420 g/mol. The number of methoxy groups -OCH3 is 1. The maximum absolute atomic E-state index is 13.5. The van der Waals surface area contributed by atoms with Crippen LogP contribution in [0.1, 0.15) is 24.9 Å². The Balaban J connectivity index is 2.20. The van der Waals surface area contributed by atoms with Gasteiger partial charge in [0.1, 0.15) is 0 Å². The molecule has 8 nitrogen and oxygen atoms in total. The van der Waals surface area contributed by atoms with Gasteiger partial charge in [0, 0.05) is 23.2 Å². The Morgan fingerprint density at radius 1 is 1.21 bits per heavy atom. The third-order valence-electron chi connectivity index (χ3n) is 4.73. The monoisotopic (exact) mass is 436 g/mol. The molecule has 1 aliphatic rings. The summed E-state index contributed by atoms with van der Waals surface area (Å²) in [6, 6.07) is 10.9. The molecular formula is C19H17ClN2O6S. The largest absolute Gasteiger partial charge is 0.466 e. The van der Waals surface area contributed by atoms with Gasteiger partial charge in [0.05, 0.1) is 23.6 Å². The molecule has 0 aliphatic carbocycles. The van der Waals surface area contributed by atoms with Crippen molar-refractivity contribution < 1.29 is 22.9 Å². The number of nitrogens with zero attached hydrogens (tertiary/aromatic N) is 2. The highest BCUT2D eigenvalue weighted by Gasteiger charge is 2.43. The number of benzene rings is 2. The summed E-state index contributed by atoms with van der Waals surface area (Å²) < 4.78 is 32.8. The van der Waals surface area contributed by atoms with E-state index in [4.69, 9.17) is 16.3 Å². The molecule has 152 valence electrons. The van der Waals surface area contributed by atoms with E-state index in [9.17, 15) is 23.3 Å². The Bertz CT molecular complexity index is 1110. The Labute approximate surface area is 172 Å². The summed E-state index contributed by atoms with van der Waals surface area (Å²) in [6.45, 7) is 1.48. The highest BCUT2D eigenvalue weighted by Crippen LogP contribution is 2.44. The van der Waals surface area contributed by atoms with Gasteiger partial charge in [-0.15, -0.1) is 0 Å². The number of nitro benzene ring substituents is 1. The van der Waals surface area contributed by atoms with E-state index >= 15 is 0 Å². The Hall–Kier alpha value is -2.91. The lowest BCUT2D eigenvalue weighted by molar-refractivity contribution is -0.387. The van der Waals surface area contributed by atoms with Crippen LogP contribution in [-0.2, 0) is 19.6 Å². The summed E-state index contributed by atoms with van der Waals surface area (Å²) in [5.41, 5.74) is 0.404. The van der Waals surface area contributed by atoms with Crippen molar-refractivity contribution in [2.45, 2.75) is 24.3 Å². The summed E-state index contributed by atoms with van der Waals surface area (Å²) in [6.07, 6.45) is 0.0694. The first-order chi connectivity index (χ1) is 13.7. The van der Waals surface area contributed by atoms with Crippen LogP contribution in [0.5, 0.6) is 0 Å². The summed E-state index contributed by atoms with van der Waals surface area (Å²) in [5, 5.41) is 11.9. The summed E-state index contributed by atoms with van der Waals surface area (Å²) in [5.74, 6) is -0.651. The van der Waals surface area contributed by atoms with E-state index < -0.39 is 37.5 Å². The second-order valence-electron chi connectivity index (χ2n) is 6.35. The number of carbonyl (C=O) groups is 1. The molecule has 2 aromatic carbocycles. The van der Waals surface area contributed by atoms with Gasteiger partial charge in [0.25, 0.3) is 15.7 Å². The smallest absolute Gasteiger partial charge is 0.335 e. The first-order valence-corrected chi connectivity index (χ1v) is 10.3. The molecule has 10 heteroatoms. The van der Waals surface area contributed by atoms with Crippen LogP contribution in [0.4, 0.5) is 5.69 Å². The molecule has 1 heterocycles. The number of hydrogen-bond acceptors (Lipinski definition) is 6. The lowest BCUT2D eigenvalue weighted by Crippen LogP contribution is -2.30. The van der Waals surface area contributed by atoms with Gasteiger partial charge in [0.15, 0.2) is 4.90 Å². The molecule has 1 atom stereocenters. The molecule has 0 fully saturated rings. The minimum Gasteiger partial charge on any atom is -0.466 e. The molecule has 0 spiro atoms. The molecule has 0 radical (unpaired) electrons. The van der Waals surface area contributed by atoms with Crippen LogP contribution >= 0.6 is 11.6 Å². The van der Waals surface area contributed by atoms with E-state index in [-0.39, 0.29) is 17.7 Å². The molecule has 0 amide bonds. The number of para-hydroxylation sites is 1. The zero-order valence-electron chi connectivity index (χ0n) is 15.5. The van der Waals surface area contributed by atoms with Crippen molar-refractivity contribution in [1.29, 1.82) is 0 Å². The molecule has 1 unspecified atom stereocenters. The van der Waals surface area contributed by atoms with Crippen LogP contribution in [0.25, 0.3) is 0 Å². The average molecular weight is 437 g/mol. The number of esters is 1. The number of sulfonamides is 1. The predicted octanol–water partition coefficient (Wildman–Crippen LogP) is 3.83. The van der Waals surface area contributed by atoms with Crippen LogP contribution in [0.15, 0.2) is 64.7 Å². The van der Waals surface area contributed by atoms with Gasteiger partial charge < -0.3 is 4.74 Å². The fraction of sp³-hybridized carbons (Fsp3) is 0.211. The number of allylic oxidation sites excluding steroid dienone is 1. The number of hydrogen-bond donors (Lipinski definition) is 0. The predicted molar refractivity (Wildman–Crippen MR) is 106 cm³/mol. The van der Waals surface area contributed by atoms with E-state index in [1.165, 1.54) is 32.2 Å². The van der Waals surface area contributed by atoms with Gasteiger partial charge >= 0.3 is 5.97 Å². The van der Waals surface area contributed by atoms with Crippen molar-refractivity contribution in [2.75, 3.05) is 7.11 Å². The molecule has 0 bridgehead atoms. The zero-order valence-corrected chi connectivity index (χ0v) is 17.1. The van der Waals surface area contributed by atoms with Crippen LogP contribution in [0, 0.1) is 10.1 Å². The van der Waals surface area contributed by atoms with Gasteiger partial charge in [-0.25, -0.2) is 13.2 Å². The standard InChI is InChI=1S/C19H17ClN2O6S/c1-12-15(19(23)28-2)11-17(13-7-9-14(20)10-8-13)21(12)29(26,27)18-6-4-3-5-16(18)22(24)25/h3-10,17H,11H2,1-2H3. The number of nitro groups is 1. The van der Waals surface area contributed by atoms with Crippen LogP contribution < -0.4 is 0 Å². The van der Waals surface area contributed by atoms with Crippen LogP contribution in [0.3, 0.4) is 0 Å². The van der Waals surface area contributed by atoms with Crippen LogP contribution in [-0.4, -0.2) is 30.7 Å².